The molecule has 0 saturated carbocycles. The summed E-state index contributed by atoms with van der Waals surface area (Å²) in [4.78, 5) is 0. The summed E-state index contributed by atoms with van der Waals surface area (Å²) in [5.41, 5.74) is 1.24. The highest BCUT2D eigenvalue weighted by atomic mass is 15.0. The Labute approximate surface area is 91.7 Å². The number of rotatable bonds is 4. The molecule has 0 N–H and O–H groups in total. The van der Waals surface area contributed by atoms with E-state index in [2.05, 4.69) is 49.8 Å². The molecule has 1 heteroatoms. The smallest absolute Gasteiger partial charge is 0.0387 e. The average molecular weight is 201 g/mol. The van der Waals surface area contributed by atoms with Crippen molar-refractivity contribution in [3.05, 3.63) is 41.1 Å². The molecular formula is C14H19N. The van der Waals surface area contributed by atoms with Gasteiger partial charge in [-0.25, -0.2) is 0 Å². The molecule has 1 rings (SSSR count). The molecule has 1 nitrogen and oxygen atoms in total. The summed E-state index contributed by atoms with van der Waals surface area (Å²) >= 11 is 0. The van der Waals surface area contributed by atoms with Crippen molar-refractivity contribution < 1.29 is 0 Å². The van der Waals surface area contributed by atoms with Crippen molar-refractivity contribution in [3.8, 4) is 0 Å². The summed E-state index contributed by atoms with van der Waals surface area (Å²) in [6.07, 6.45) is 8.41. The fourth-order valence-electron chi connectivity index (χ4n) is 1.56. The third kappa shape index (κ3) is 2.72. The summed E-state index contributed by atoms with van der Waals surface area (Å²) in [5.74, 6) is 0. The second-order valence-electron chi connectivity index (χ2n) is 3.50. The second-order valence-corrected chi connectivity index (χ2v) is 3.50. The van der Waals surface area contributed by atoms with Crippen LogP contribution in [0.2, 0.25) is 0 Å². The number of hydrogen-bond acceptors (Lipinski definition) is 0. The summed E-state index contributed by atoms with van der Waals surface area (Å²) in [6, 6.07) is 3.99. The SMILES string of the molecule is C=c1ccc(=C)n1/C(=C/C=C\CC)CC. The fraction of sp³-hybridized carbons (Fsp3) is 0.286. The van der Waals surface area contributed by atoms with E-state index in [-0.39, 0.29) is 0 Å². The van der Waals surface area contributed by atoms with E-state index in [9.17, 15) is 0 Å². The quantitative estimate of drug-likeness (QED) is 0.660. The van der Waals surface area contributed by atoms with Crippen molar-refractivity contribution >= 4 is 18.9 Å². The maximum Gasteiger partial charge on any atom is 0.0387 e. The van der Waals surface area contributed by atoms with Crippen LogP contribution in [-0.4, -0.2) is 4.57 Å². The monoisotopic (exact) mass is 201 g/mol. The Bertz CT molecular complexity index is 433. The molecule has 0 unspecified atom stereocenters. The zero-order valence-corrected chi connectivity index (χ0v) is 9.66. The molecule has 15 heavy (non-hydrogen) atoms. The van der Waals surface area contributed by atoms with E-state index in [1.165, 1.54) is 5.70 Å². The van der Waals surface area contributed by atoms with Gasteiger partial charge in [0, 0.05) is 16.4 Å². The predicted molar refractivity (Wildman–Crippen MR) is 68.7 cm³/mol. The van der Waals surface area contributed by atoms with Crippen LogP contribution in [-0.2, 0) is 0 Å². The Kier molecular flexibility index (Phi) is 4.17. The van der Waals surface area contributed by atoms with E-state index in [0.29, 0.717) is 0 Å². The summed E-state index contributed by atoms with van der Waals surface area (Å²) in [6.45, 7) is 12.3. The molecule has 0 spiro atoms. The molecule has 0 aliphatic rings. The van der Waals surface area contributed by atoms with E-state index in [4.69, 9.17) is 0 Å². The number of aromatic nitrogens is 1. The highest BCUT2D eigenvalue weighted by Crippen LogP contribution is 2.04. The lowest BCUT2D eigenvalue weighted by Gasteiger charge is -2.06. The van der Waals surface area contributed by atoms with Gasteiger partial charge in [-0.1, -0.05) is 39.2 Å². The lowest BCUT2D eigenvalue weighted by molar-refractivity contribution is 0.964. The maximum absolute atomic E-state index is 4.00. The van der Waals surface area contributed by atoms with Crippen LogP contribution >= 0.6 is 0 Å². The molecule has 0 saturated heterocycles. The first kappa shape index (κ1) is 11.6. The van der Waals surface area contributed by atoms with Gasteiger partial charge < -0.3 is 4.57 Å². The summed E-state index contributed by atoms with van der Waals surface area (Å²) in [7, 11) is 0. The molecule has 0 aliphatic heterocycles. The van der Waals surface area contributed by atoms with Crippen LogP contribution in [0, 0.1) is 0 Å². The Morgan fingerprint density at radius 3 is 2.33 bits per heavy atom. The molecule has 0 atom stereocenters. The van der Waals surface area contributed by atoms with Crippen molar-refractivity contribution in [2.45, 2.75) is 26.7 Å². The van der Waals surface area contributed by atoms with Crippen LogP contribution in [0.25, 0.3) is 18.9 Å². The minimum atomic E-state index is 0.980. The van der Waals surface area contributed by atoms with Crippen LogP contribution in [0.1, 0.15) is 26.7 Å². The van der Waals surface area contributed by atoms with Crippen molar-refractivity contribution in [2.24, 2.45) is 0 Å². The van der Waals surface area contributed by atoms with Gasteiger partial charge in [0.2, 0.25) is 0 Å². The van der Waals surface area contributed by atoms with Crippen molar-refractivity contribution in [2.75, 3.05) is 0 Å². The third-order valence-electron chi connectivity index (χ3n) is 2.35. The van der Waals surface area contributed by atoms with Gasteiger partial charge in [-0.3, -0.25) is 0 Å². The Morgan fingerprint density at radius 1 is 1.27 bits per heavy atom. The zero-order valence-electron chi connectivity index (χ0n) is 9.66. The molecule has 1 aromatic heterocycles. The van der Waals surface area contributed by atoms with Crippen LogP contribution in [0.15, 0.2) is 30.4 Å². The van der Waals surface area contributed by atoms with Crippen LogP contribution in [0.3, 0.4) is 0 Å². The molecule has 0 aromatic carbocycles. The topological polar surface area (TPSA) is 4.93 Å². The Morgan fingerprint density at radius 2 is 1.87 bits per heavy atom. The highest BCUT2D eigenvalue weighted by Gasteiger charge is 1.97. The highest BCUT2D eigenvalue weighted by molar-refractivity contribution is 5.49. The molecular weight excluding hydrogens is 182 g/mol. The van der Waals surface area contributed by atoms with E-state index >= 15 is 0 Å². The second kappa shape index (κ2) is 5.40. The molecule has 0 fully saturated rings. The minimum absolute atomic E-state index is 0.980. The summed E-state index contributed by atoms with van der Waals surface area (Å²) < 4.78 is 2.10. The molecule has 0 radical (unpaired) electrons. The van der Waals surface area contributed by atoms with Crippen LogP contribution < -0.4 is 10.7 Å². The van der Waals surface area contributed by atoms with Gasteiger partial charge >= 0.3 is 0 Å². The van der Waals surface area contributed by atoms with Gasteiger partial charge in [0.15, 0.2) is 0 Å². The lowest BCUT2D eigenvalue weighted by Crippen LogP contribution is -2.23. The van der Waals surface area contributed by atoms with E-state index in [1.807, 2.05) is 12.1 Å². The standard InChI is InChI=1S/C14H19N/c1-5-7-8-9-14(6-2)15-12(3)10-11-13(15)4/h7-11H,3-6H2,1-2H3/b8-7-,14-9+. The number of nitrogens with zero attached hydrogens (tertiary/aromatic N) is 1. The van der Waals surface area contributed by atoms with Crippen molar-refractivity contribution in [3.63, 3.8) is 0 Å². The fourth-order valence-corrected chi connectivity index (χ4v) is 1.56. The average Bonchev–Trinajstić information content (AvgIpc) is 2.55. The molecule has 1 heterocycles. The largest absolute Gasteiger partial charge is 0.315 e. The number of hydrogen-bond donors (Lipinski definition) is 0. The van der Waals surface area contributed by atoms with Gasteiger partial charge in [-0.05, 0) is 31.1 Å². The van der Waals surface area contributed by atoms with E-state index in [0.717, 1.165) is 23.5 Å². The Hall–Kier alpha value is -1.50. The first-order chi connectivity index (χ1) is 7.20. The molecule has 0 amide bonds. The molecule has 0 aliphatic carbocycles. The summed E-state index contributed by atoms with van der Waals surface area (Å²) in [5, 5.41) is 2.00. The van der Waals surface area contributed by atoms with Gasteiger partial charge in [0.1, 0.15) is 0 Å². The van der Waals surface area contributed by atoms with Gasteiger partial charge in [-0.15, -0.1) is 0 Å². The normalized spacial score (nSPS) is 12.5. The lowest BCUT2D eigenvalue weighted by atomic mass is 10.3. The molecule has 0 bridgehead atoms. The predicted octanol–water partition coefficient (Wildman–Crippen LogP) is 2.53. The van der Waals surface area contributed by atoms with Crippen molar-refractivity contribution in [1.29, 1.82) is 0 Å². The van der Waals surface area contributed by atoms with Crippen LogP contribution in [0.4, 0.5) is 0 Å². The maximum atomic E-state index is 4.00. The first-order valence-corrected chi connectivity index (χ1v) is 5.42. The van der Waals surface area contributed by atoms with Gasteiger partial charge in [-0.2, -0.15) is 0 Å². The van der Waals surface area contributed by atoms with Gasteiger partial charge in [0.25, 0.3) is 0 Å². The van der Waals surface area contributed by atoms with E-state index in [1.54, 1.807) is 0 Å². The zero-order chi connectivity index (χ0) is 11.3. The molecule has 80 valence electrons. The van der Waals surface area contributed by atoms with Crippen LogP contribution in [0.5, 0.6) is 0 Å². The van der Waals surface area contributed by atoms with Crippen molar-refractivity contribution in [1.82, 2.24) is 4.57 Å². The first-order valence-electron chi connectivity index (χ1n) is 5.42. The Balaban J connectivity index is 3.13. The van der Waals surface area contributed by atoms with E-state index < -0.39 is 0 Å². The van der Waals surface area contributed by atoms with Gasteiger partial charge in [0.05, 0.1) is 0 Å². The molecule has 1 aromatic rings. The third-order valence-corrected chi connectivity index (χ3v) is 2.35. The minimum Gasteiger partial charge on any atom is -0.315 e. The number of allylic oxidation sites excluding steroid dienone is 4.